The van der Waals surface area contributed by atoms with Crippen LogP contribution < -0.4 is 18.9 Å². The molecule has 0 aliphatic heterocycles. The molecular formula is C74H48O8. The summed E-state index contributed by atoms with van der Waals surface area (Å²) >= 11 is 0. The number of ether oxygens (including phenoxy) is 4. The molecule has 8 nitrogen and oxygen atoms in total. The van der Waals surface area contributed by atoms with Gasteiger partial charge in [-0.05, 0) is 148 Å². The van der Waals surface area contributed by atoms with Crippen LogP contribution in [0, 0.1) is 0 Å². The summed E-state index contributed by atoms with van der Waals surface area (Å²) in [6, 6.07) is 76.8. The van der Waals surface area contributed by atoms with Gasteiger partial charge in [-0.15, -0.1) is 0 Å². The van der Waals surface area contributed by atoms with Crippen molar-refractivity contribution in [3.05, 3.63) is 325 Å². The lowest BCUT2D eigenvalue weighted by atomic mass is 9.67. The summed E-state index contributed by atoms with van der Waals surface area (Å²) in [5.74, 6) is -0.924. The molecule has 0 amide bonds. The Morgan fingerprint density at radius 2 is 0.610 bits per heavy atom. The maximum absolute atomic E-state index is 13.3. The van der Waals surface area contributed by atoms with E-state index in [0.717, 1.165) is 111 Å². The second-order valence-electron chi connectivity index (χ2n) is 20.1. The van der Waals surface area contributed by atoms with E-state index in [9.17, 15) is 19.2 Å². The van der Waals surface area contributed by atoms with Crippen molar-refractivity contribution in [2.75, 3.05) is 0 Å². The van der Waals surface area contributed by atoms with Crippen LogP contribution in [0.15, 0.2) is 280 Å². The van der Waals surface area contributed by atoms with Crippen LogP contribution in [0.2, 0.25) is 0 Å². The third kappa shape index (κ3) is 8.40. The largest absolute Gasteiger partial charge is 0.423 e. The minimum atomic E-state index is -0.839. The van der Waals surface area contributed by atoms with E-state index in [1.54, 1.807) is 48.5 Å². The first-order valence-corrected chi connectivity index (χ1v) is 26.7. The van der Waals surface area contributed by atoms with E-state index < -0.39 is 34.7 Å². The van der Waals surface area contributed by atoms with Crippen molar-refractivity contribution in [2.24, 2.45) is 0 Å². The van der Waals surface area contributed by atoms with Crippen LogP contribution in [-0.4, -0.2) is 23.9 Å². The summed E-state index contributed by atoms with van der Waals surface area (Å²) in [7, 11) is 0. The molecule has 0 aromatic heterocycles. The molecule has 0 N–H and O–H groups in total. The van der Waals surface area contributed by atoms with Crippen LogP contribution >= 0.6 is 0 Å². The number of esters is 4. The van der Waals surface area contributed by atoms with Gasteiger partial charge in [-0.3, -0.25) is 0 Å². The lowest BCUT2D eigenvalue weighted by molar-refractivity contribution is -0.130. The second-order valence-corrected chi connectivity index (χ2v) is 20.1. The van der Waals surface area contributed by atoms with Gasteiger partial charge in [0.2, 0.25) is 0 Å². The third-order valence-corrected chi connectivity index (χ3v) is 15.8. The maximum Gasteiger partial charge on any atom is 0.336 e. The molecule has 11 aromatic carbocycles. The number of hydrogen-bond acceptors (Lipinski definition) is 8. The molecule has 13 rings (SSSR count). The smallest absolute Gasteiger partial charge is 0.336 e. The monoisotopic (exact) mass is 1060 g/mol. The number of allylic oxidation sites excluding steroid dienone is 2. The van der Waals surface area contributed by atoms with Crippen molar-refractivity contribution in [3.8, 4) is 45.3 Å². The highest BCUT2D eigenvalue weighted by Crippen LogP contribution is 2.61. The number of benzene rings is 11. The van der Waals surface area contributed by atoms with Gasteiger partial charge in [-0.25, -0.2) is 19.2 Å². The van der Waals surface area contributed by atoms with E-state index in [1.165, 1.54) is 24.3 Å². The Kier molecular flexibility index (Phi) is 12.7. The minimum absolute atomic E-state index is 0.327. The first kappa shape index (κ1) is 50.5. The predicted molar refractivity (Wildman–Crippen MR) is 321 cm³/mol. The predicted octanol–water partition coefficient (Wildman–Crippen LogP) is 15.7. The van der Waals surface area contributed by atoms with Gasteiger partial charge >= 0.3 is 23.9 Å². The summed E-state index contributed by atoms with van der Waals surface area (Å²) in [5, 5.41) is 6.74. The van der Waals surface area contributed by atoms with Crippen LogP contribution in [0.4, 0.5) is 0 Å². The van der Waals surface area contributed by atoms with Crippen LogP contribution in [-0.2, 0) is 30.0 Å². The Morgan fingerprint density at radius 3 is 0.988 bits per heavy atom. The fourth-order valence-electron chi connectivity index (χ4n) is 12.5. The molecule has 392 valence electrons. The van der Waals surface area contributed by atoms with Gasteiger partial charge in [0.1, 0.15) is 23.0 Å². The molecule has 0 spiro atoms. The van der Waals surface area contributed by atoms with Gasteiger partial charge in [-0.1, -0.05) is 207 Å². The zero-order chi connectivity index (χ0) is 56.0. The summed E-state index contributed by atoms with van der Waals surface area (Å²) in [5.41, 5.74) is 11.0. The maximum atomic E-state index is 13.3. The fourth-order valence-corrected chi connectivity index (χ4v) is 12.5. The second kappa shape index (κ2) is 20.7. The van der Waals surface area contributed by atoms with E-state index in [-0.39, 0.29) is 0 Å². The zero-order valence-electron chi connectivity index (χ0n) is 44.1. The molecule has 2 aliphatic carbocycles. The van der Waals surface area contributed by atoms with E-state index >= 15 is 0 Å². The SMILES string of the molecule is C=CC(=O)Oc1ccc(C2(c3ccc(OC(=O)/C=C/C=C/C(=O)Oc4ccc(C5(c6ccc(OC(=O)C=C)cc6)c6ccc7ccccc7c6-c6c5ccc5ccccc65)cc4)cc3)c3ccccc3-c3c2ccc2ccccc32)cc1. The molecule has 0 fully saturated rings. The summed E-state index contributed by atoms with van der Waals surface area (Å²) in [4.78, 5) is 50.9. The molecular weight excluding hydrogens is 1020 g/mol. The van der Waals surface area contributed by atoms with E-state index in [4.69, 9.17) is 18.9 Å². The summed E-state index contributed by atoms with van der Waals surface area (Å²) in [6.07, 6.45) is 7.61. The molecule has 0 heterocycles. The topological polar surface area (TPSA) is 105 Å². The Bertz CT molecular complexity index is 4410. The van der Waals surface area contributed by atoms with Crippen LogP contribution in [0.5, 0.6) is 23.0 Å². The summed E-state index contributed by atoms with van der Waals surface area (Å²) in [6.45, 7) is 7.08. The molecule has 1 atom stereocenters. The van der Waals surface area contributed by atoms with Gasteiger partial charge in [0.05, 0.1) is 10.8 Å². The van der Waals surface area contributed by atoms with Crippen molar-refractivity contribution >= 4 is 56.2 Å². The summed E-state index contributed by atoms with van der Waals surface area (Å²) < 4.78 is 22.6. The first-order chi connectivity index (χ1) is 40.2. The molecule has 0 saturated carbocycles. The minimum Gasteiger partial charge on any atom is -0.423 e. The number of hydrogen-bond donors (Lipinski definition) is 0. The standard InChI is InChI=1S/C74H48O8/c1-3-66(75)79-54-36-28-50(29-37-54)73(62-22-12-11-21-61(62)70-58-18-8-5-15-47(58)25-44-63(70)73)51-30-40-56(41-31-51)81-68(77)23-13-14-24-69(78)82-57-42-34-53(35-43-57)74(52-32-38-55(39-33-52)80-67(76)4-2)64-45-26-48-16-6-9-19-59(48)71(64)72-60-20-10-7-17-49(60)27-46-65(72)74/h3-46H,1-2H2/b23-13+,24-14+. The molecule has 0 saturated heterocycles. The van der Waals surface area contributed by atoms with Crippen molar-refractivity contribution in [3.63, 3.8) is 0 Å². The van der Waals surface area contributed by atoms with Crippen molar-refractivity contribution in [2.45, 2.75) is 10.8 Å². The zero-order valence-corrected chi connectivity index (χ0v) is 44.1. The van der Waals surface area contributed by atoms with Gasteiger partial charge in [0.15, 0.2) is 0 Å². The number of carbonyl (C=O) groups excluding carboxylic acids is 4. The van der Waals surface area contributed by atoms with Crippen molar-refractivity contribution in [1.82, 2.24) is 0 Å². The van der Waals surface area contributed by atoms with Crippen LogP contribution in [0.1, 0.15) is 44.5 Å². The van der Waals surface area contributed by atoms with E-state index in [0.29, 0.717) is 23.0 Å². The molecule has 0 radical (unpaired) electrons. The molecule has 2 aliphatic rings. The number of fused-ring (bicyclic) bond motifs is 12. The highest BCUT2D eigenvalue weighted by atomic mass is 16.5. The molecule has 11 aromatic rings. The lowest BCUT2D eigenvalue weighted by Gasteiger charge is -2.34. The van der Waals surface area contributed by atoms with Gasteiger partial charge in [0, 0.05) is 24.3 Å². The third-order valence-electron chi connectivity index (χ3n) is 15.8. The van der Waals surface area contributed by atoms with Crippen LogP contribution in [0.3, 0.4) is 0 Å². The highest BCUT2D eigenvalue weighted by molar-refractivity contribution is 6.12. The first-order valence-electron chi connectivity index (χ1n) is 26.7. The Hall–Kier alpha value is -11.0. The Labute approximate surface area is 472 Å². The molecule has 8 heteroatoms. The molecule has 0 bridgehead atoms. The van der Waals surface area contributed by atoms with Gasteiger partial charge in [0.25, 0.3) is 0 Å². The van der Waals surface area contributed by atoms with Gasteiger partial charge < -0.3 is 18.9 Å². The highest BCUT2D eigenvalue weighted by Gasteiger charge is 2.49. The molecule has 1 unspecified atom stereocenters. The van der Waals surface area contributed by atoms with Gasteiger partial charge in [-0.2, -0.15) is 0 Å². The van der Waals surface area contributed by atoms with E-state index in [1.807, 2.05) is 72.8 Å². The average molecular weight is 1070 g/mol. The normalized spacial score (nSPS) is 14.4. The van der Waals surface area contributed by atoms with E-state index in [2.05, 4.69) is 122 Å². The lowest BCUT2D eigenvalue weighted by Crippen LogP contribution is -2.28. The average Bonchev–Trinajstić information content (AvgIpc) is 2.36. The van der Waals surface area contributed by atoms with Crippen molar-refractivity contribution in [1.29, 1.82) is 0 Å². The Balaban J connectivity index is 0.756. The number of carbonyl (C=O) groups is 4. The quantitative estimate of drug-likeness (QED) is 0.0487. The van der Waals surface area contributed by atoms with Crippen molar-refractivity contribution < 1.29 is 38.1 Å². The molecule has 82 heavy (non-hydrogen) atoms. The van der Waals surface area contributed by atoms with Crippen LogP contribution in [0.25, 0.3) is 54.6 Å². The fraction of sp³-hybridized carbons (Fsp3) is 0.0270. The number of rotatable bonds is 13. The Morgan fingerprint density at radius 1 is 0.305 bits per heavy atom.